The Bertz CT molecular complexity index is 1110. The summed E-state index contributed by atoms with van der Waals surface area (Å²) < 4.78 is 29.1. The first kappa shape index (κ1) is 20.1. The fourth-order valence-electron chi connectivity index (χ4n) is 4.31. The van der Waals surface area contributed by atoms with Crippen molar-refractivity contribution in [2.24, 2.45) is 0 Å². The summed E-state index contributed by atoms with van der Waals surface area (Å²) in [6, 6.07) is 20.1. The van der Waals surface area contributed by atoms with E-state index in [4.69, 9.17) is 0 Å². The maximum absolute atomic E-state index is 13.1. The quantitative estimate of drug-likeness (QED) is 0.650. The number of benzene rings is 3. The van der Waals surface area contributed by atoms with Gasteiger partial charge in [0.2, 0.25) is 10.0 Å². The number of hydrogen-bond donors (Lipinski definition) is 1. The van der Waals surface area contributed by atoms with Gasteiger partial charge in [0, 0.05) is 12.6 Å². The Labute approximate surface area is 173 Å². The number of likely N-dealkylation sites (tertiary alicyclic amines) is 1. The third-order valence-electron chi connectivity index (χ3n) is 6.07. The highest BCUT2D eigenvalue weighted by Gasteiger charge is 2.27. The predicted molar refractivity (Wildman–Crippen MR) is 119 cm³/mol. The first-order chi connectivity index (χ1) is 14.0. The van der Waals surface area contributed by atoms with Gasteiger partial charge in [0.1, 0.15) is 0 Å². The minimum absolute atomic E-state index is 0.0171. The molecular weight excluding hydrogens is 380 g/mol. The first-order valence-electron chi connectivity index (χ1n) is 10.2. The number of aryl methyl sites for hydroxylation is 1. The highest BCUT2D eigenvalue weighted by Crippen LogP contribution is 2.31. The number of rotatable bonds is 6. The minimum Gasteiger partial charge on any atom is -0.295 e. The summed E-state index contributed by atoms with van der Waals surface area (Å²) in [7, 11) is -3.58. The average Bonchev–Trinajstić information content (AvgIpc) is 3.25. The molecule has 1 atom stereocenters. The largest absolute Gasteiger partial charge is 0.295 e. The second-order valence-electron chi connectivity index (χ2n) is 7.88. The molecule has 4 nitrogen and oxygen atoms in total. The highest BCUT2D eigenvalue weighted by molar-refractivity contribution is 7.89. The molecular formula is C24H28N2O2S. The van der Waals surface area contributed by atoms with Gasteiger partial charge in [-0.15, -0.1) is 0 Å². The molecule has 0 aliphatic carbocycles. The van der Waals surface area contributed by atoms with Gasteiger partial charge in [-0.3, -0.25) is 4.90 Å². The Hall–Kier alpha value is -2.21. The fourth-order valence-corrected chi connectivity index (χ4v) is 5.67. The van der Waals surface area contributed by atoms with Gasteiger partial charge in [-0.1, -0.05) is 54.6 Å². The van der Waals surface area contributed by atoms with E-state index >= 15 is 0 Å². The maximum atomic E-state index is 13.1. The summed E-state index contributed by atoms with van der Waals surface area (Å²) in [5.74, 6) is 0. The molecule has 0 amide bonds. The molecule has 0 radical (unpaired) electrons. The zero-order chi connectivity index (χ0) is 20.4. The lowest BCUT2D eigenvalue weighted by molar-refractivity contribution is 0.248. The number of sulfonamides is 1. The van der Waals surface area contributed by atoms with Crippen LogP contribution in [0.1, 0.15) is 35.6 Å². The Morgan fingerprint density at radius 3 is 2.41 bits per heavy atom. The molecule has 1 aliphatic rings. The Kier molecular flexibility index (Phi) is 5.72. The number of fused-ring (bicyclic) bond motifs is 1. The topological polar surface area (TPSA) is 49.4 Å². The van der Waals surface area contributed by atoms with E-state index in [-0.39, 0.29) is 6.04 Å². The van der Waals surface area contributed by atoms with Gasteiger partial charge >= 0.3 is 0 Å². The van der Waals surface area contributed by atoms with E-state index in [0.29, 0.717) is 11.4 Å². The van der Waals surface area contributed by atoms with Crippen LogP contribution in [0.15, 0.2) is 65.6 Å². The van der Waals surface area contributed by atoms with E-state index in [9.17, 15) is 8.42 Å². The summed E-state index contributed by atoms with van der Waals surface area (Å²) in [6.07, 6.45) is 2.32. The molecule has 152 valence electrons. The van der Waals surface area contributed by atoms with Gasteiger partial charge in [-0.05, 0) is 73.3 Å². The van der Waals surface area contributed by atoms with Crippen LogP contribution in [0.5, 0.6) is 0 Å². The highest BCUT2D eigenvalue weighted by atomic mass is 32.2. The fraction of sp³-hybridized carbons (Fsp3) is 0.333. The van der Waals surface area contributed by atoms with E-state index < -0.39 is 10.0 Å². The standard InChI is InChI=1S/C24H28N2O2S/c1-18-9-7-14-24(19(18)2)29(27,28)25-17-23(26-15-5-6-16-26)22-13-8-11-20-10-3-4-12-21(20)22/h3-4,7-14,23,25H,5-6,15-17H2,1-2H3/t23-/m0/s1. The van der Waals surface area contributed by atoms with Crippen molar-refractivity contribution in [3.05, 3.63) is 77.4 Å². The second-order valence-corrected chi connectivity index (χ2v) is 9.61. The molecule has 0 unspecified atom stereocenters. The van der Waals surface area contributed by atoms with Crippen molar-refractivity contribution >= 4 is 20.8 Å². The molecule has 0 spiro atoms. The minimum atomic E-state index is -3.58. The Balaban J connectivity index is 1.67. The average molecular weight is 409 g/mol. The predicted octanol–water partition coefficient (Wildman–Crippen LogP) is 4.57. The Morgan fingerprint density at radius 1 is 0.931 bits per heavy atom. The van der Waals surface area contributed by atoms with Crippen molar-refractivity contribution in [1.29, 1.82) is 0 Å². The first-order valence-corrected chi connectivity index (χ1v) is 11.7. The second kappa shape index (κ2) is 8.27. The van der Waals surface area contributed by atoms with E-state index in [1.807, 2.05) is 32.0 Å². The molecule has 1 aliphatic heterocycles. The monoisotopic (exact) mass is 408 g/mol. The van der Waals surface area contributed by atoms with Gasteiger partial charge in [-0.2, -0.15) is 0 Å². The van der Waals surface area contributed by atoms with Gasteiger partial charge in [-0.25, -0.2) is 13.1 Å². The van der Waals surface area contributed by atoms with Crippen LogP contribution in [0.4, 0.5) is 0 Å². The van der Waals surface area contributed by atoms with Crippen molar-refractivity contribution < 1.29 is 8.42 Å². The van der Waals surface area contributed by atoms with E-state index in [2.05, 4.69) is 40.0 Å². The lowest BCUT2D eigenvalue weighted by Gasteiger charge is -2.29. The van der Waals surface area contributed by atoms with E-state index in [1.54, 1.807) is 12.1 Å². The SMILES string of the molecule is Cc1cccc(S(=O)(=O)NC[C@@H](c2cccc3ccccc23)N2CCCC2)c1C. The summed E-state index contributed by atoms with van der Waals surface area (Å²) >= 11 is 0. The van der Waals surface area contributed by atoms with Crippen molar-refractivity contribution in [2.45, 2.75) is 37.6 Å². The maximum Gasteiger partial charge on any atom is 0.240 e. The van der Waals surface area contributed by atoms with Gasteiger partial charge in [0.05, 0.1) is 4.90 Å². The van der Waals surface area contributed by atoms with Gasteiger partial charge in [0.15, 0.2) is 0 Å². The van der Waals surface area contributed by atoms with Crippen LogP contribution in [-0.4, -0.2) is 33.0 Å². The van der Waals surface area contributed by atoms with Crippen LogP contribution in [0.3, 0.4) is 0 Å². The summed E-state index contributed by atoms with van der Waals surface area (Å²) in [6.45, 7) is 6.17. The van der Waals surface area contributed by atoms with Gasteiger partial charge < -0.3 is 0 Å². The van der Waals surface area contributed by atoms with Crippen LogP contribution in [0.25, 0.3) is 10.8 Å². The summed E-state index contributed by atoms with van der Waals surface area (Å²) in [4.78, 5) is 2.78. The normalized spacial score (nSPS) is 16.3. The molecule has 0 saturated carbocycles. The zero-order valence-corrected chi connectivity index (χ0v) is 17.9. The molecule has 1 N–H and O–H groups in total. The van der Waals surface area contributed by atoms with Crippen molar-refractivity contribution in [3.63, 3.8) is 0 Å². The zero-order valence-electron chi connectivity index (χ0n) is 17.1. The van der Waals surface area contributed by atoms with Crippen LogP contribution in [0, 0.1) is 13.8 Å². The summed E-state index contributed by atoms with van der Waals surface area (Å²) in [5, 5.41) is 2.38. The number of nitrogens with one attached hydrogen (secondary N) is 1. The van der Waals surface area contributed by atoms with Crippen LogP contribution >= 0.6 is 0 Å². The van der Waals surface area contributed by atoms with E-state index in [1.165, 1.54) is 16.3 Å². The third kappa shape index (κ3) is 4.08. The van der Waals surface area contributed by atoms with Crippen LogP contribution in [0.2, 0.25) is 0 Å². The number of hydrogen-bond acceptors (Lipinski definition) is 3. The lowest BCUT2D eigenvalue weighted by Crippen LogP contribution is -2.37. The smallest absolute Gasteiger partial charge is 0.240 e. The van der Waals surface area contributed by atoms with Crippen molar-refractivity contribution in [3.8, 4) is 0 Å². The third-order valence-corrected chi connectivity index (χ3v) is 7.64. The van der Waals surface area contributed by atoms with E-state index in [0.717, 1.165) is 37.1 Å². The molecule has 3 aromatic carbocycles. The van der Waals surface area contributed by atoms with Crippen LogP contribution in [-0.2, 0) is 10.0 Å². The molecule has 1 fully saturated rings. The van der Waals surface area contributed by atoms with Crippen molar-refractivity contribution in [2.75, 3.05) is 19.6 Å². The molecule has 29 heavy (non-hydrogen) atoms. The molecule has 1 heterocycles. The lowest BCUT2D eigenvalue weighted by atomic mass is 9.98. The summed E-state index contributed by atoms with van der Waals surface area (Å²) in [5.41, 5.74) is 2.98. The Morgan fingerprint density at radius 2 is 1.62 bits per heavy atom. The molecule has 5 heteroatoms. The molecule has 3 aromatic rings. The van der Waals surface area contributed by atoms with Crippen LogP contribution < -0.4 is 4.72 Å². The molecule has 0 bridgehead atoms. The molecule has 4 rings (SSSR count). The molecule has 0 aromatic heterocycles. The number of nitrogens with zero attached hydrogens (tertiary/aromatic N) is 1. The van der Waals surface area contributed by atoms with Crippen molar-refractivity contribution in [1.82, 2.24) is 9.62 Å². The van der Waals surface area contributed by atoms with Gasteiger partial charge in [0.25, 0.3) is 0 Å². The molecule has 1 saturated heterocycles.